The number of aliphatic imine (C=N–C) groups is 1. The van der Waals surface area contributed by atoms with E-state index in [1.54, 1.807) is 11.8 Å². The number of amidine groups is 1. The first-order chi connectivity index (χ1) is 12.1. The van der Waals surface area contributed by atoms with Gasteiger partial charge in [0.25, 0.3) is 0 Å². The average molecular weight is 390 g/mol. The fraction of sp³-hybridized carbons (Fsp3) is 0.263. The zero-order valence-corrected chi connectivity index (χ0v) is 16.4. The predicted octanol–water partition coefficient (Wildman–Crippen LogP) is 4.88. The molecule has 0 amide bonds. The summed E-state index contributed by atoms with van der Waals surface area (Å²) in [7, 11) is 0. The smallest absolute Gasteiger partial charge is 0.175 e. The Morgan fingerprint density at radius 1 is 1.24 bits per heavy atom. The molecule has 130 valence electrons. The number of benzene rings is 2. The molecule has 0 aliphatic carbocycles. The van der Waals surface area contributed by atoms with Crippen LogP contribution < -0.4 is 5.32 Å². The maximum atomic E-state index is 5.94. The van der Waals surface area contributed by atoms with Crippen molar-refractivity contribution in [2.75, 3.05) is 12.3 Å². The SMILES string of the molecule is C[C@H]1CSC(=Nc2ccc(Cl)cc2)N1C(=S)NCCc1ccccc1. The second-order valence-corrected chi connectivity index (χ2v) is 7.68. The average Bonchev–Trinajstić information content (AvgIpc) is 2.98. The monoisotopic (exact) mass is 389 g/mol. The Labute approximate surface area is 163 Å². The Hall–Kier alpha value is -1.56. The van der Waals surface area contributed by atoms with Crippen molar-refractivity contribution in [3.05, 3.63) is 65.2 Å². The van der Waals surface area contributed by atoms with Crippen molar-refractivity contribution in [1.82, 2.24) is 10.2 Å². The fourth-order valence-corrected chi connectivity index (χ4v) is 4.24. The highest BCUT2D eigenvalue weighted by Gasteiger charge is 2.29. The van der Waals surface area contributed by atoms with Gasteiger partial charge in [-0.25, -0.2) is 4.99 Å². The molecule has 0 aromatic heterocycles. The first kappa shape index (κ1) is 18.2. The van der Waals surface area contributed by atoms with E-state index in [1.165, 1.54) is 5.56 Å². The molecular formula is C19H20ClN3S2. The number of rotatable bonds is 4. The minimum Gasteiger partial charge on any atom is -0.362 e. The summed E-state index contributed by atoms with van der Waals surface area (Å²) in [6, 6.07) is 18.3. The highest BCUT2D eigenvalue weighted by atomic mass is 35.5. The summed E-state index contributed by atoms with van der Waals surface area (Å²) in [5.74, 6) is 0.979. The molecule has 0 radical (unpaired) electrons. The van der Waals surface area contributed by atoms with Gasteiger partial charge in [-0.05, 0) is 55.4 Å². The van der Waals surface area contributed by atoms with Crippen LogP contribution in [0.15, 0.2) is 59.6 Å². The lowest BCUT2D eigenvalue weighted by molar-refractivity contribution is 0.518. The number of nitrogens with one attached hydrogen (secondary N) is 1. The van der Waals surface area contributed by atoms with E-state index >= 15 is 0 Å². The number of thiocarbonyl (C=S) groups is 1. The molecule has 1 N–H and O–H groups in total. The summed E-state index contributed by atoms with van der Waals surface area (Å²) < 4.78 is 0. The van der Waals surface area contributed by atoms with E-state index in [1.807, 2.05) is 30.3 Å². The van der Waals surface area contributed by atoms with Crippen LogP contribution in [0.5, 0.6) is 0 Å². The van der Waals surface area contributed by atoms with Gasteiger partial charge in [-0.1, -0.05) is 53.7 Å². The zero-order valence-electron chi connectivity index (χ0n) is 14.0. The molecular weight excluding hydrogens is 370 g/mol. The van der Waals surface area contributed by atoms with Crippen LogP contribution in [0.4, 0.5) is 5.69 Å². The number of thioether (sulfide) groups is 1. The van der Waals surface area contributed by atoms with E-state index in [2.05, 4.69) is 41.4 Å². The van der Waals surface area contributed by atoms with Crippen molar-refractivity contribution in [2.45, 2.75) is 19.4 Å². The first-order valence-electron chi connectivity index (χ1n) is 8.21. The number of hydrogen-bond acceptors (Lipinski definition) is 3. The summed E-state index contributed by atoms with van der Waals surface area (Å²) in [5.41, 5.74) is 2.19. The second-order valence-electron chi connectivity index (χ2n) is 5.87. The Balaban J connectivity index is 1.63. The van der Waals surface area contributed by atoms with Crippen LogP contribution in [-0.2, 0) is 6.42 Å². The minimum absolute atomic E-state index is 0.327. The summed E-state index contributed by atoms with van der Waals surface area (Å²) in [6.45, 7) is 2.98. The molecule has 0 bridgehead atoms. The van der Waals surface area contributed by atoms with Gasteiger partial charge < -0.3 is 5.32 Å². The van der Waals surface area contributed by atoms with Gasteiger partial charge in [0.05, 0.1) is 5.69 Å². The van der Waals surface area contributed by atoms with E-state index in [-0.39, 0.29) is 0 Å². The minimum atomic E-state index is 0.327. The van der Waals surface area contributed by atoms with Gasteiger partial charge >= 0.3 is 0 Å². The maximum absolute atomic E-state index is 5.94. The Kier molecular flexibility index (Phi) is 6.34. The third kappa shape index (κ3) is 4.97. The van der Waals surface area contributed by atoms with Gasteiger partial charge in [0.1, 0.15) is 0 Å². The third-order valence-corrected chi connectivity index (χ3v) is 5.69. The van der Waals surface area contributed by atoms with Crippen LogP contribution in [0.3, 0.4) is 0 Å². The largest absolute Gasteiger partial charge is 0.362 e. The van der Waals surface area contributed by atoms with E-state index in [0.29, 0.717) is 11.1 Å². The molecule has 3 nitrogen and oxygen atoms in total. The summed E-state index contributed by atoms with van der Waals surface area (Å²) in [5, 5.41) is 5.76. The molecule has 0 spiro atoms. The second kappa shape index (κ2) is 8.70. The van der Waals surface area contributed by atoms with Gasteiger partial charge in [0.2, 0.25) is 0 Å². The first-order valence-corrected chi connectivity index (χ1v) is 9.99. The van der Waals surface area contributed by atoms with Gasteiger partial charge in [-0.2, -0.15) is 0 Å². The molecule has 1 saturated heterocycles. The summed E-state index contributed by atoms with van der Waals surface area (Å²) >= 11 is 13.3. The summed E-state index contributed by atoms with van der Waals surface area (Å²) in [6.07, 6.45) is 0.944. The van der Waals surface area contributed by atoms with E-state index in [0.717, 1.165) is 34.7 Å². The Morgan fingerprint density at radius 3 is 2.68 bits per heavy atom. The van der Waals surface area contributed by atoms with Crippen molar-refractivity contribution >= 4 is 51.5 Å². The molecule has 6 heteroatoms. The molecule has 3 rings (SSSR count). The number of hydrogen-bond donors (Lipinski definition) is 1. The van der Waals surface area contributed by atoms with Crippen LogP contribution in [0.25, 0.3) is 0 Å². The van der Waals surface area contributed by atoms with Crippen molar-refractivity contribution in [3.8, 4) is 0 Å². The standard InChI is InChI=1S/C19H20ClN3S2/c1-14-13-25-19(22-17-9-7-16(20)8-10-17)23(14)18(24)21-12-11-15-5-3-2-4-6-15/h2-10,14H,11-13H2,1H3,(H,21,24)/t14-/m0/s1. The number of halogens is 1. The Morgan fingerprint density at radius 2 is 1.96 bits per heavy atom. The van der Waals surface area contributed by atoms with Gasteiger partial charge in [-0.3, -0.25) is 4.90 Å². The molecule has 1 aliphatic rings. The Bertz CT molecular complexity index is 747. The van der Waals surface area contributed by atoms with Crippen LogP contribution in [0, 0.1) is 0 Å². The lowest BCUT2D eigenvalue weighted by Crippen LogP contribution is -2.44. The van der Waals surface area contributed by atoms with Crippen molar-refractivity contribution in [1.29, 1.82) is 0 Å². The molecule has 25 heavy (non-hydrogen) atoms. The molecule has 2 aromatic rings. The van der Waals surface area contributed by atoms with Crippen LogP contribution in [-0.4, -0.2) is 33.5 Å². The molecule has 1 atom stereocenters. The van der Waals surface area contributed by atoms with E-state index in [9.17, 15) is 0 Å². The van der Waals surface area contributed by atoms with Crippen LogP contribution in [0.2, 0.25) is 5.02 Å². The molecule has 1 aliphatic heterocycles. The summed E-state index contributed by atoms with van der Waals surface area (Å²) in [4.78, 5) is 6.85. The van der Waals surface area contributed by atoms with Crippen molar-refractivity contribution < 1.29 is 0 Å². The lowest BCUT2D eigenvalue weighted by Gasteiger charge is -2.24. The van der Waals surface area contributed by atoms with Gasteiger partial charge in [0, 0.05) is 23.4 Å². The zero-order chi connectivity index (χ0) is 17.6. The fourth-order valence-electron chi connectivity index (χ4n) is 2.57. The van der Waals surface area contributed by atoms with Crippen LogP contribution >= 0.6 is 35.6 Å². The normalized spacial score (nSPS) is 18.6. The maximum Gasteiger partial charge on any atom is 0.175 e. The molecule has 1 heterocycles. The molecule has 0 unspecified atom stereocenters. The van der Waals surface area contributed by atoms with Crippen molar-refractivity contribution in [3.63, 3.8) is 0 Å². The highest BCUT2D eigenvalue weighted by molar-refractivity contribution is 8.14. The molecule has 0 saturated carbocycles. The van der Waals surface area contributed by atoms with E-state index < -0.39 is 0 Å². The lowest BCUT2D eigenvalue weighted by atomic mass is 10.1. The van der Waals surface area contributed by atoms with Gasteiger partial charge in [-0.15, -0.1) is 0 Å². The van der Waals surface area contributed by atoms with E-state index in [4.69, 9.17) is 28.8 Å². The highest BCUT2D eigenvalue weighted by Crippen LogP contribution is 2.27. The quantitative estimate of drug-likeness (QED) is 0.754. The number of nitrogens with zero attached hydrogens (tertiary/aromatic N) is 2. The molecule has 1 fully saturated rings. The van der Waals surface area contributed by atoms with Crippen LogP contribution in [0.1, 0.15) is 12.5 Å². The third-order valence-electron chi connectivity index (χ3n) is 3.90. The predicted molar refractivity (Wildman–Crippen MR) is 113 cm³/mol. The van der Waals surface area contributed by atoms with Crippen molar-refractivity contribution in [2.24, 2.45) is 4.99 Å². The molecule has 2 aromatic carbocycles. The topological polar surface area (TPSA) is 27.6 Å². The van der Waals surface area contributed by atoms with Gasteiger partial charge in [0.15, 0.2) is 10.3 Å².